The van der Waals surface area contributed by atoms with Gasteiger partial charge >= 0.3 is 5.97 Å². The number of methoxy groups -OCH3 is 1. The van der Waals surface area contributed by atoms with Gasteiger partial charge in [-0.3, -0.25) is 9.59 Å². The molecular formula is C27H36ClNO5. The maximum atomic E-state index is 13.5. The molecule has 0 aliphatic rings. The van der Waals surface area contributed by atoms with Crippen molar-refractivity contribution in [3.05, 3.63) is 59.1 Å². The molecule has 7 heteroatoms. The second-order valence-electron chi connectivity index (χ2n) is 8.48. The lowest BCUT2D eigenvalue weighted by atomic mass is 9.72. The molecule has 0 bridgehead atoms. The van der Waals surface area contributed by atoms with Crippen molar-refractivity contribution < 1.29 is 23.9 Å². The Labute approximate surface area is 208 Å². The van der Waals surface area contributed by atoms with Crippen LogP contribution in [-0.4, -0.2) is 38.9 Å². The number of aldehydes is 1. The second-order valence-corrected chi connectivity index (χ2v) is 8.92. The van der Waals surface area contributed by atoms with Gasteiger partial charge in [0.15, 0.2) is 0 Å². The lowest BCUT2D eigenvalue weighted by Crippen LogP contribution is -2.46. The molecule has 0 spiro atoms. The van der Waals surface area contributed by atoms with Crippen molar-refractivity contribution in [3.63, 3.8) is 0 Å². The van der Waals surface area contributed by atoms with Crippen LogP contribution in [0.25, 0.3) is 0 Å². The fourth-order valence-corrected chi connectivity index (χ4v) is 4.05. The van der Waals surface area contributed by atoms with E-state index in [2.05, 4.69) is 0 Å². The number of ether oxygens (including phenoxy) is 2. The van der Waals surface area contributed by atoms with E-state index >= 15 is 0 Å². The van der Waals surface area contributed by atoms with Crippen molar-refractivity contribution in [2.24, 2.45) is 11.3 Å². The summed E-state index contributed by atoms with van der Waals surface area (Å²) in [6.45, 7) is 9.10. The Hall–Kier alpha value is -2.86. The zero-order chi connectivity index (χ0) is 25.9. The number of esters is 1. The van der Waals surface area contributed by atoms with E-state index in [0.717, 1.165) is 17.6 Å². The van der Waals surface area contributed by atoms with E-state index in [1.54, 1.807) is 58.0 Å². The first-order valence-electron chi connectivity index (χ1n) is 11.3. The summed E-state index contributed by atoms with van der Waals surface area (Å²) in [5.41, 5.74) is 0.663. The molecule has 34 heavy (non-hydrogen) atoms. The largest absolute Gasteiger partial charge is 0.496 e. The van der Waals surface area contributed by atoms with Crippen LogP contribution in [0.15, 0.2) is 48.5 Å². The number of anilines is 1. The highest BCUT2D eigenvalue weighted by Gasteiger charge is 2.44. The van der Waals surface area contributed by atoms with Gasteiger partial charge in [-0.05, 0) is 56.0 Å². The second kappa shape index (κ2) is 13.8. The third-order valence-electron chi connectivity index (χ3n) is 5.75. The fourth-order valence-electron chi connectivity index (χ4n) is 3.87. The molecule has 0 N–H and O–H groups in total. The predicted octanol–water partition coefficient (Wildman–Crippen LogP) is 5.92. The number of rotatable bonds is 9. The normalized spacial score (nSPS) is 12.5. The van der Waals surface area contributed by atoms with Gasteiger partial charge in [0.05, 0.1) is 25.0 Å². The van der Waals surface area contributed by atoms with Crippen molar-refractivity contribution in [2.75, 3.05) is 25.7 Å². The van der Waals surface area contributed by atoms with Gasteiger partial charge in [0.1, 0.15) is 12.0 Å². The zero-order valence-corrected chi connectivity index (χ0v) is 21.9. The number of hydrogen-bond donors (Lipinski definition) is 0. The number of benzene rings is 2. The topological polar surface area (TPSA) is 72.9 Å². The van der Waals surface area contributed by atoms with Crippen molar-refractivity contribution in [1.82, 2.24) is 0 Å². The monoisotopic (exact) mass is 489 g/mol. The van der Waals surface area contributed by atoms with Crippen molar-refractivity contribution in [2.45, 2.75) is 47.0 Å². The molecule has 0 heterocycles. The van der Waals surface area contributed by atoms with Gasteiger partial charge in [0.25, 0.3) is 0 Å². The fraction of sp³-hybridized carbons (Fsp3) is 0.444. The van der Waals surface area contributed by atoms with Crippen LogP contribution in [0.3, 0.4) is 0 Å². The molecule has 0 aliphatic carbocycles. The Morgan fingerprint density at radius 2 is 1.76 bits per heavy atom. The average Bonchev–Trinajstić information content (AvgIpc) is 2.81. The van der Waals surface area contributed by atoms with Crippen molar-refractivity contribution >= 4 is 35.5 Å². The van der Waals surface area contributed by atoms with Crippen LogP contribution in [0.4, 0.5) is 5.69 Å². The van der Waals surface area contributed by atoms with Crippen LogP contribution >= 0.6 is 11.6 Å². The van der Waals surface area contributed by atoms with Gasteiger partial charge in [-0.1, -0.05) is 56.6 Å². The SMILES string of the molecule is CC=O.CCOC(=O)C(CC(C)c1ccccc1OC)C(C)(C)C(=O)N(C)c1cccc(Cl)c1. The molecule has 0 fully saturated rings. The minimum Gasteiger partial charge on any atom is -0.496 e. The standard InChI is InChI=1S/C25H32ClNO4.C2H4O/c1-7-31-23(28)21(15-17(2)20-13-8-9-14-22(20)30-6)25(3,4)24(29)27(5)19-12-10-11-18(26)16-19;1-2-3/h8-14,16-17,21H,7,15H2,1-6H3;2H,1H3. The summed E-state index contributed by atoms with van der Waals surface area (Å²) >= 11 is 6.10. The Kier molecular flexibility index (Phi) is 11.8. The van der Waals surface area contributed by atoms with Crippen LogP contribution in [0, 0.1) is 11.3 Å². The molecule has 0 aliphatic heterocycles. The number of hydrogen-bond acceptors (Lipinski definition) is 5. The van der Waals surface area contributed by atoms with E-state index < -0.39 is 11.3 Å². The number of amides is 1. The van der Waals surface area contributed by atoms with Gasteiger partial charge in [0, 0.05) is 17.8 Å². The van der Waals surface area contributed by atoms with E-state index in [-0.39, 0.29) is 24.4 Å². The summed E-state index contributed by atoms with van der Waals surface area (Å²) in [4.78, 5) is 36.9. The van der Waals surface area contributed by atoms with Gasteiger partial charge in [-0.2, -0.15) is 0 Å². The van der Waals surface area contributed by atoms with E-state index in [1.807, 2.05) is 37.3 Å². The molecule has 0 aromatic heterocycles. The van der Waals surface area contributed by atoms with Crippen LogP contribution < -0.4 is 9.64 Å². The molecular weight excluding hydrogens is 454 g/mol. The molecule has 186 valence electrons. The maximum Gasteiger partial charge on any atom is 0.310 e. The number of para-hydroxylation sites is 1. The summed E-state index contributed by atoms with van der Waals surface area (Å²) in [5.74, 6) is -0.449. The molecule has 2 aromatic rings. The quantitative estimate of drug-likeness (QED) is 0.323. The maximum absolute atomic E-state index is 13.5. The highest BCUT2D eigenvalue weighted by Crippen LogP contribution is 2.40. The van der Waals surface area contributed by atoms with Gasteiger partial charge < -0.3 is 19.2 Å². The summed E-state index contributed by atoms with van der Waals surface area (Å²) in [6, 6.07) is 14.8. The molecule has 2 unspecified atom stereocenters. The molecule has 2 aromatic carbocycles. The zero-order valence-electron chi connectivity index (χ0n) is 21.1. The van der Waals surface area contributed by atoms with Crippen molar-refractivity contribution in [1.29, 1.82) is 0 Å². The first-order valence-corrected chi connectivity index (χ1v) is 11.7. The number of carbonyl (C=O) groups excluding carboxylic acids is 3. The molecule has 2 atom stereocenters. The Morgan fingerprint density at radius 3 is 2.32 bits per heavy atom. The predicted molar refractivity (Wildman–Crippen MR) is 137 cm³/mol. The van der Waals surface area contributed by atoms with Crippen LogP contribution in [0.5, 0.6) is 5.75 Å². The lowest BCUT2D eigenvalue weighted by molar-refractivity contribution is -0.156. The molecule has 0 saturated heterocycles. The van der Waals surface area contributed by atoms with Gasteiger partial charge in [-0.25, -0.2) is 0 Å². The Bertz CT molecular complexity index is 960. The summed E-state index contributed by atoms with van der Waals surface area (Å²) in [7, 11) is 3.32. The lowest BCUT2D eigenvalue weighted by Gasteiger charge is -2.36. The third kappa shape index (κ3) is 7.59. The van der Waals surface area contributed by atoms with Crippen LogP contribution in [-0.2, 0) is 19.1 Å². The Balaban J connectivity index is 0.00000182. The first-order chi connectivity index (χ1) is 16.0. The van der Waals surface area contributed by atoms with Crippen LogP contribution in [0.1, 0.15) is 52.5 Å². The molecule has 0 radical (unpaired) electrons. The number of carbonyl (C=O) groups is 3. The summed E-state index contributed by atoms with van der Waals surface area (Å²) < 4.78 is 10.9. The van der Waals surface area contributed by atoms with E-state index in [1.165, 1.54) is 6.92 Å². The van der Waals surface area contributed by atoms with Crippen LogP contribution in [0.2, 0.25) is 5.02 Å². The Morgan fingerprint density at radius 1 is 1.15 bits per heavy atom. The minimum atomic E-state index is -1.00. The number of halogens is 1. The first kappa shape index (κ1) is 29.2. The highest BCUT2D eigenvalue weighted by atomic mass is 35.5. The highest BCUT2D eigenvalue weighted by molar-refractivity contribution is 6.30. The van der Waals surface area contributed by atoms with Gasteiger partial charge in [0.2, 0.25) is 5.91 Å². The number of nitrogens with zero attached hydrogens (tertiary/aromatic N) is 1. The van der Waals surface area contributed by atoms with E-state index in [4.69, 9.17) is 25.9 Å². The summed E-state index contributed by atoms with van der Waals surface area (Å²) in [6.07, 6.45) is 1.20. The molecule has 6 nitrogen and oxygen atoms in total. The molecule has 0 saturated carbocycles. The average molecular weight is 490 g/mol. The molecule has 2 rings (SSSR count). The summed E-state index contributed by atoms with van der Waals surface area (Å²) in [5, 5.41) is 0.543. The minimum absolute atomic E-state index is 0.0193. The van der Waals surface area contributed by atoms with Crippen molar-refractivity contribution in [3.8, 4) is 5.75 Å². The van der Waals surface area contributed by atoms with Gasteiger partial charge in [-0.15, -0.1) is 0 Å². The smallest absolute Gasteiger partial charge is 0.310 e. The van der Waals surface area contributed by atoms with E-state index in [9.17, 15) is 9.59 Å². The van der Waals surface area contributed by atoms with E-state index in [0.29, 0.717) is 17.1 Å². The molecule has 1 amide bonds. The third-order valence-corrected chi connectivity index (χ3v) is 5.99.